The van der Waals surface area contributed by atoms with Crippen molar-refractivity contribution < 1.29 is 17.9 Å². The summed E-state index contributed by atoms with van der Waals surface area (Å²) in [7, 11) is 0. The molecule has 0 spiro atoms. The molecule has 1 N–H and O–H groups in total. The molecule has 1 heterocycles. The predicted molar refractivity (Wildman–Crippen MR) is 58.0 cm³/mol. The van der Waals surface area contributed by atoms with Gasteiger partial charge in [-0.3, -0.25) is 0 Å². The molecule has 17 heavy (non-hydrogen) atoms. The van der Waals surface area contributed by atoms with Gasteiger partial charge in [-0.05, 0) is 31.5 Å². The van der Waals surface area contributed by atoms with Crippen LogP contribution in [-0.4, -0.2) is 19.2 Å². The third-order valence-electron chi connectivity index (χ3n) is 2.74. The molecule has 1 atom stereocenters. The van der Waals surface area contributed by atoms with Crippen LogP contribution in [-0.2, 0) is 6.18 Å². The van der Waals surface area contributed by atoms with Gasteiger partial charge in [0.25, 0.3) is 0 Å². The van der Waals surface area contributed by atoms with Crippen molar-refractivity contribution in [1.82, 2.24) is 5.32 Å². The number of rotatable bonds is 2. The van der Waals surface area contributed by atoms with Crippen LogP contribution in [0.4, 0.5) is 13.2 Å². The molecule has 1 aliphatic heterocycles. The molecule has 1 saturated heterocycles. The van der Waals surface area contributed by atoms with Crippen LogP contribution in [0.25, 0.3) is 0 Å². The first-order chi connectivity index (χ1) is 8.07. The maximum atomic E-state index is 12.7. The molecule has 1 aromatic carbocycles. The molecule has 1 aromatic rings. The number of hydrogen-bond donors (Lipinski definition) is 1. The summed E-state index contributed by atoms with van der Waals surface area (Å²) in [4.78, 5) is 0. The summed E-state index contributed by atoms with van der Waals surface area (Å²) in [6.45, 7) is 1.51. The van der Waals surface area contributed by atoms with Crippen molar-refractivity contribution in [3.63, 3.8) is 0 Å². The number of piperidine rings is 1. The van der Waals surface area contributed by atoms with E-state index >= 15 is 0 Å². The van der Waals surface area contributed by atoms with E-state index in [9.17, 15) is 13.2 Å². The highest BCUT2D eigenvalue weighted by Gasteiger charge is 2.34. The second kappa shape index (κ2) is 4.96. The Kier molecular flexibility index (Phi) is 3.57. The zero-order chi connectivity index (χ0) is 12.3. The highest BCUT2D eigenvalue weighted by molar-refractivity contribution is 5.35. The number of halogens is 3. The van der Waals surface area contributed by atoms with E-state index in [0.29, 0.717) is 6.54 Å². The summed E-state index contributed by atoms with van der Waals surface area (Å²) in [6.07, 6.45) is -2.82. The van der Waals surface area contributed by atoms with Gasteiger partial charge < -0.3 is 10.1 Å². The zero-order valence-electron chi connectivity index (χ0n) is 9.26. The largest absolute Gasteiger partial charge is 0.488 e. The Balaban J connectivity index is 2.14. The normalized spacial score (nSPS) is 21.2. The molecule has 0 aromatic heterocycles. The number of benzene rings is 1. The Labute approximate surface area is 97.8 Å². The lowest BCUT2D eigenvalue weighted by Crippen LogP contribution is -2.37. The first-order valence-electron chi connectivity index (χ1n) is 5.61. The van der Waals surface area contributed by atoms with Crippen LogP contribution in [0.5, 0.6) is 5.75 Å². The average molecular weight is 245 g/mol. The van der Waals surface area contributed by atoms with Crippen molar-refractivity contribution in [3.8, 4) is 5.75 Å². The summed E-state index contributed by atoms with van der Waals surface area (Å²) in [5, 5.41) is 3.11. The molecule has 0 aliphatic carbocycles. The highest BCUT2D eigenvalue weighted by atomic mass is 19.4. The quantitative estimate of drug-likeness (QED) is 0.865. The lowest BCUT2D eigenvalue weighted by atomic mass is 10.1. The van der Waals surface area contributed by atoms with Gasteiger partial charge in [-0.25, -0.2) is 0 Å². The molecule has 1 fully saturated rings. The monoisotopic (exact) mass is 245 g/mol. The number of ether oxygens (including phenoxy) is 1. The Morgan fingerprint density at radius 2 is 2.00 bits per heavy atom. The minimum atomic E-state index is -4.36. The van der Waals surface area contributed by atoms with Gasteiger partial charge >= 0.3 is 6.18 Å². The van der Waals surface area contributed by atoms with Gasteiger partial charge in [0.2, 0.25) is 0 Å². The lowest BCUT2D eigenvalue weighted by molar-refractivity contribution is -0.139. The molecule has 2 rings (SSSR count). The van der Waals surface area contributed by atoms with Crippen LogP contribution < -0.4 is 10.1 Å². The van der Waals surface area contributed by atoms with Gasteiger partial charge in [-0.15, -0.1) is 0 Å². The van der Waals surface area contributed by atoms with E-state index in [4.69, 9.17) is 4.74 Å². The first-order valence-corrected chi connectivity index (χ1v) is 5.61. The van der Waals surface area contributed by atoms with E-state index in [1.54, 1.807) is 6.07 Å². The first kappa shape index (κ1) is 12.2. The van der Waals surface area contributed by atoms with Gasteiger partial charge in [0.05, 0.1) is 5.56 Å². The fourth-order valence-electron chi connectivity index (χ4n) is 1.90. The molecule has 94 valence electrons. The fourth-order valence-corrected chi connectivity index (χ4v) is 1.90. The number of nitrogens with one attached hydrogen (secondary N) is 1. The van der Waals surface area contributed by atoms with Gasteiger partial charge in [-0.1, -0.05) is 12.1 Å². The third-order valence-corrected chi connectivity index (χ3v) is 2.74. The fraction of sp³-hybridized carbons (Fsp3) is 0.500. The van der Waals surface area contributed by atoms with Crippen molar-refractivity contribution >= 4 is 0 Å². The van der Waals surface area contributed by atoms with E-state index in [2.05, 4.69) is 5.32 Å². The SMILES string of the molecule is FC(F)(F)c1ccccc1O[C@H]1CCCNC1. The van der Waals surface area contributed by atoms with Crippen LogP contribution in [0.3, 0.4) is 0 Å². The van der Waals surface area contributed by atoms with E-state index in [1.807, 2.05) is 0 Å². The van der Waals surface area contributed by atoms with Crippen LogP contribution in [0.1, 0.15) is 18.4 Å². The topological polar surface area (TPSA) is 21.3 Å². The van der Waals surface area contributed by atoms with E-state index < -0.39 is 11.7 Å². The van der Waals surface area contributed by atoms with Crippen LogP contribution >= 0.6 is 0 Å². The van der Waals surface area contributed by atoms with E-state index in [-0.39, 0.29) is 11.9 Å². The molecule has 1 aliphatic rings. The lowest BCUT2D eigenvalue weighted by Gasteiger charge is -2.25. The van der Waals surface area contributed by atoms with Crippen LogP contribution in [0, 0.1) is 0 Å². The molecule has 5 heteroatoms. The summed E-state index contributed by atoms with van der Waals surface area (Å²) in [6, 6.07) is 5.35. The zero-order valence-corrected chi connectivity index (χ0v) is 9.26. The molecule has 0 bridgehead atoms. The van der Waals surface area contributed by atoms with Gasteiger partial charge in [0.1, 0.15) is 11.9 Å². The highest BCUT2D eigenvalue weighted by Crippen LogP contribution is 2.36. The molecule has 0 saturated carbocycles. The minimum Gasteiger partial charge on any atom is -0.488 e. The van der Waals surface area contributed by atoms with E-state index in [0.717, 1.165) is 25.5 Å². The van der Waals surface area contributed by atoms with Crippen molar-refractivity contribution in [2.75, 3.05) is 13.1 Å². The number of para-hydroxylation sites is 1. The predicted octanol–water partition coefficient (Wildman–Crippen LogP) is 2.84. The average Bonchev–Trinajstić information content (AvgIpc) is 2.30. The Morgan fingerprint density at radius 1 is 1.24 bits per heavy atom. The summed E-state index contributed by atoms with van der Waals surface area (Å²) in [5.74, 6) is -0.0753. The minimum absolute atomic E-state index is 0.0753. The van der Waals surface area contributed by atoms with Crippen molar-refractivity contribution in [2.45, 2.75) is 25.1 Å². The van der Waals surface area contributed by atoms with Crippen molar-refractivity contribution in [3.05, 3.63) is 29.8 Å². The van der Waals surface area contributed by atoms with Crippen molar-refractivity contribution in [1.29, 1.82) is 0 Å². The number of alkyl halides is 3. The van der Waals surface area contributed by atoms with Crippen LogP contribution in [0.15, 0.2) is 24.3 Å². The van der Waals surface area contributed by atoms with Crippen molar-refractivity contribution in [2.24, 2.45) is 0 Å². The molecule has 2 nitrogen and oxygen atoms in total. The summed E-state index contributed by atoms with van der Waals surface area (Å²) >= 11 is 0. The molecule has 0 amide bonds. The van der Waals surface area contributed by atoms with E-state index in [1.165, 1.54) is 12.1 Å². The maximum Gasteiger partial charge on any atom is 0.419 e. The standard InChI is InChI=1S/C12H14F3NO/c13-12(14,15)10-5-1-2-6-11(10)17-9-4-3-7-16-8-9/h1-2,5-6,9,16H,3-4,7-8H2/t9-/m0/s1. The Morgan fingerprint density at radius 3 is 2.65 bits per heavy atom. The van der Waals surface area contributed by atoms with Gasteiger partial charge in [-0.2, -0.15) is 13.2 Å². The molecular weight excluding hydrogens is 231 g/mol. The Bertz CT molecular complexity index is 372. The second-order valence-corrected chi connectivity index (χ2v) is 4.08. The Hall–Kier alpha value is -1.23. The van der Waals surface area contributed by atoms with Crippen LogP contribution in [0.2, 0.25) is 0 Å². The number of hydrogen-bond acceptors (Lipinski definition) is 2. The summed E-state index contributed by atoms with van der Waals surface area (Å²) < 4.78 is 43.6. The van der Waals surface area contributed by atoms with Gasteiger partial charge in [0, 0.05) is 6.54 Å². The molecule has 0 radical (unpaired) electrons. The third kappa shape index (κ3) is 3.12. The smallest absolute Gasteiger partial charge is 0.419 e. The maximum absolute atomic E-state index is 12.7. The molecular formula is C12H14F3NO. The summed E-state index contributed by atoms with van der Waals surface area (Å²) in [5.41, 5.74) is -0.703. The molecule has 0 unspecified atom stereocenters. The second-order valence-electron chi connectivity index (χ2n) is 4.08. The van der Waals surface area contributed by atoms with Gasteiger partial charge in [0.15, 0.2) is 0 Å².